The van der Waals surface area contributed by atoms with Crippen LogP contribution in [-0.2, 0) is 9.09 Å². The van der Waals surface area contributed by atoms with E-state index in [4.69, 9.17) is 15.0 Å². The first kappa shape index (κ1) is 12.8. The molecule has 1 unspecified atom stereocenters. The van der Waals surface area contributed by atoms with Crippen LogP contribution in [0, 0.1) is 11.3 Å². The molecule has 5 nitrogen and oxygen atoms in total. The Labute approximate surface area is 70.4 Å². The summed E-state index contributed by atoms with van der Waals surface area (Å²) in [4.78, 5) is 16.1. The minimum atomic E-state index is -4.46. The molecule has 1 atom stereocenters. The number of hydrogen-bond acceptors (Lipinski definition) is 3. The Kier molecular flexibility index (Phi) is 6.33. The van der Waals surface area contributed by atoms with E-state index in [-0.39, 0.29) is 18.9 Å². The summed E-state index contributed by atoms with van der Waals surface area (Å²) >= 11 is 0. The first-order valence-corrected chi connectivity index (χ1v) is 3.62. The van der Waals surface area contributed by atoms with Gasteiger partial charge in [0.15, 0.2) is 6.10 Å². The molecule has 7 heteroatoms. The van der Waals surface area contributed by atoms with Gasteiger partial charge < -0.3 is 9.79 Å². The van der Waals surface area contributed by atoms with E-state index >= 15 is 0 Å². The van der Waals surface area contributed by atoms with Crippen LogP contribution < -0.4 is 0 Å². The van der Waals surface area contributed by atoms with Crippen molar-refractivity contribution in [2.24, 2.45) is 0 Å². The molecule has 0 aliphatic heterocycles. The van der Waals surface area contributed by atoms with Crippen molar-refractivity contribution < 1.29 is 18.9 Å². The van der Waals surface area contributed by atoms with E-state index in [1.165, 1.54) is 13.0 Å². The topological polar surface area (TPSA) is 90.5 Å². The average Bonchev–Trinajstić information content (AvgIpc) is 1.62. The molecule has 0 spiro atoms. The zero-order chi connectivity index (χ0) is 7.49. The van der Waals surface area contributed by atoms with E-state index < -0.39 is 13.9 Å². The second kappa shape index (κ2) is 4.93. The third kappa shape index (κ3) is 8.20. The van der Waals surface area contributed by atoms with E-state index in [1.807, 2.05) is 0 Å². The van der Waals surface area contributed by atoms with Crippen LogP contribution in [0.3, 0.4) is 0 Å². The Balaban J connectivity index is 0. The first-order valence-electron chi connectivity index (χ1n) is 2.09. The number of nitriles is 1. The van der Waals surface area contributed by atoms with E-state index in [0.717, 1.165) is 0 Å². The molecular formula is C3H7LiNO4P. The van der Waals surface area contributed by atoms with Gasteiger partial charge in [-0.05, 0) is 6.92 Å². The van der Waals surface area contributed by atoms with Crippen LogP contribution >= 0.6 is 7.82 Å². The molecule has 0 fully saturated rings. The van der Waals surface area contributed by atoms with Crippen LogP contribution in [0.15, 0.2) is 0 Å². The SMILES string of the molecule is CC(C#N)OP(=O)(O)O.[LiH]. The maximum atomic E-state index is 9.92. The zero-order valence-corrected chi connectivity index (χ0v) is 5.58. The predicted octanol–water partition coefficient (Wildman–Crippen LogP) is -0.641. The summed E-state index contributed by atoms with van der Waals surface area (Å²) in [5.74, 6) is 0. The molecule has 2 N–H and O–H groups in total. The molecule has 0 rings (SSSR count). The second-order valence-corrected chi connectivity index (χ2v) is 2.56. The Morgan fingerprint density at radius 1 is 1.70 bits per heavy atom. The van der Waals surface area contributed by atoms with Crippen LogP contribution in [0.5, 0.6) is 0 Å². The Morgan fingerprint density at radius 3 is 2.20 bits per heavy atom. The molecule has 0 saturated carbocycles. The van der Waals surface area contributed by atoms with Crippen LogP contribution in [0.4, 0.5) is 0 Å². The van der Waals surface area contributed by atoms with Crippen LogP contribution in [-0.4, -0.2) is 34.8 Å². The van der Waals surface area contributed by atoms with Gasteiger partial charge in [0, 0.05) is 0 Å². The molecule has 0 bridgehead atoms. The third-order valence-corrected chi connectivity index (χ3v) is 1.07. The van der Waals surface area contributed by atoms with Gasteiger partial charge in [-0.25, -0.2) is 4.57 Å². The summed E-state index contributed by atoms with van der Waals surface area (Å²) < 4.78 is 13.8. The van der Waals surface area contributed by atoms with Crippen LogP contribution in [0.25, 0.3) is 0 Å². The van der Waals surface area contributed by atoms with Crippen molar-refractivity contribution in [2.75, 3.05) is 0 Å². The van der Waals surface area contributed by atoms with Gasteiger partial charge in [0.1, 0.15) is 0 Å². The van der Waals surface area contributed by atoms with Crippen molar-refractivity contribution in [3.63, 3.8) is 0 Å². The minimum absolute atomic E-state index is 0. The molecule has 0 heterocycles. The van der Waals surface area contributed by atoms with Crippen molar-refractivity contribution in [3.05, 3.63) is 0 Å². The average molecular weight is 159 g/mol. The monoisotopic (exact) mass is 159 g/mol. The van der Waals surface area contributed by atoms with Gasteiger partial charge in [0.2, 0.25) is 0 Å². The van der Waals surface area contributed by atoms with Crippen molar-refractivity contribution in [3.8, 4) is 6.07 Å². The molecule has 0 amide bonds. The number of phosphoric acid groups is 1. The molecule has 54 valence electrons. The summed E-state index contributed by atoms with van der Waals surface area (Å²) in [6.45, 7) is 1.25. The zero-order valence-electron chi connectivity index (χ0n) is 4.68. The van der Waals surface area contributed by atoms with Crippen molar-refractivity contribution in [2.45, 2.75) is 13.0 Å². The van der Waals surface area contributed by atoms with Gasteiger partial charge in [0.25, 0.3) is 0 Å². The fraction of sp³-hybridized carbons (Fsp3) is 0.667. The number of rotatable bonds is 2. The van der Waals surface area contributed by atoms with E-state index in [0.29, 0.717) is 0 Å². The summed E-state index contributed by atoms with van der Waals surface area (Å²) in [6, 6.07) is 1.51. The summed E-state index contributed by atoms with van der Waals surface area (Å²) in [5.41, 5.74) is 0. The quantitative estimate of drug-likeness (QED) is 0.413. The number of nitrogens with zero attached hydrogens (tertiary/aromatic N) is 1. The van der Waals surface area contributed by atoms with E-state index in [2.05, 4.69) is 4.52 Å². The normalized spacial score (nSPS) is 13.0. The molecule has 0 aliphatic carbocycles. The van der Waals surface area contributed by atoms with Crippen LogP contribution in [0.1, 0.15) is 6.92 Å². The summed E-state index contributed by atoms with van der Waals surface area (Å²) in [6.07, 6.45) is -1.06. The molecule has 0 saturated heterocycles. The second-order valence-electron chi connectivity index (χ2n) is 1.37. The third-order valence-electron chi connectivity index (χ3n) is 0.477. The van der Waals surface area contributed by atoms with Crippen molar-refractivity contribution in [1.29, 1.82) is 5.26 Å². The standard InChI is InChI=1S/C3H6NO4P.Li.H/c1-3(2-4)8-9(5,6)7;;/h3H,1H3,(H2,5,6,7);;. The van der Waals surface area contributed by atoms with Gasteiger partial charge >= 0.3 is 26.7 Å². The molecule has 10 heavy (non-hydrogen) atoms. The van der Waals surface area contributed by atoms with E-state index in [9.17, 15) is 4.57 Å². The predicted molar refractivity (Wildman–Crippen MR) is 35.4 cm³/mol. The number of phosphoric ester groups is 1. The number of hydrogen-bond donors (Lipinski definition) is 2. The maximum absolute atomic E-state index is 9.92. The molecular weight excluding hydrogens is 152 g/mol. The van der Waals surface area contributed by atoms with E-state index in [1.54, 1.807) is 0 Å². The van der Waals surface area contributed by atoms with Gasteiger partial charge in [0.05, 0.1) is 6.07 Å². The summed E-state index contributed by atoms with van der Waals surface area (Å²) in [7, 11) is -4.46. The van der Waals surface area contributed by atoms with Gasteiger partial charge in [-0.1, -0.05) is 0 Å². The van der Waals surface area contributed by atoms with Gasteiger partial charge in [-0.2, -0.15) is 5.26 Å². The summed E-state index contributed by atoms with van der Waals surface area (Å²) in [5, 5.41) is 7.98. The van der Waals surface area contributed by atoms with Crippen LogP contribution in [0.2, 0.25) is 0 Å². The fourth-order valence-corrected chi connectivity index (χ4v) is 0.689. The molecule has 0 aromatic rings. The fourth-order valence-electron chi connectivity index (χ4n) is 0.230. The molecule has 0 aromatic heterocycles. The molecule has 0 aromatic carbocycles. The Hall–Kier alpha value is 0.197. The van der Waals surface area contributed by atoms with Crippen molar-refractivity contribution in [1.82, 2.24) is 0 Å². The van der Waals surface area contributed by atoms with Gasteiger partial charge in [-0.3, -0.25) is 4.52 Å². The Morgan fingerprint density at radius 2 is 2.10 bits per heavy atom. The van der Waals surface area contributed by atoms with Gasteiger partial charge in [-0.15, -0.1) is 0 Å². The first-order chi connectivity index (χ1) is 3.95. The van der Waals surface area contributed by atoms with Crippen molar-refractivity contribution >= 4 is 26.7 Å². The molecule has 0 aliphatic rings. The Bertz CT molecular complexity index is 172. The molecule has 0 radical (unpaired) electrons.